The molecule has 128 valence electrons. The highest BCUT2D eigenvalue weighted by Crippen LogP contribution is 2.16. The number of nitrogens with zero attached hydrogens (tertiary/aromatic N) is 2. The molecular weight excluding hydrogens is 368 g/mol. The molecule has 2 unspecified atom stereocenters. The lowest BCUT2D eigenvalue weighted by Gasteiger charge is -2.22. The number of halogens is 1. The van der Waals surface area contributed by atoms with Crippen molar-refractivity contribution in [3.8, 4) is 0 Å². The van der Waals surface area contributed by atoms with Gasteiger partial charge in [-0.3, -0.25) is 9.48 Å². The van der Waals surface area contributed by atoms with E-state index in [1.165, 1.54) is 5.56 Å². The van der Waals surface area contributed by atoms with Crippen molar-refractivity contribution in [1.82, 2.24) is 20.4 Å². The largest absolute Gasteiger partial charge is 0.348 e. The Balaban J connectivity index is 1.57. The van der Waals surface area contributed by atoms with Crippen molar-refractivity contribution in [2.45, 2.75) is 38.3 Å². The first-order valence-electron chi connectivity index (χ1n) is 8.43. The summed E-state index contributed by atoms with van der Waals surface area (Å²) in [7, 11) is 0. The fourth-order valence-corrected chi connectivity index (χ4v) is 3.53. The summed E-state index contributed by atoms with van der Waals surface area (Å²) in [6.45, 7) is 4.00. The number of hydrogen-bond donors (Lipinski definition) is 2. The molecule has 3 rings (SSSR count). The maximum absolute atomic E-state index is 12.4. The van der Waals surface area contributed by atoms with E-state index in [0.717, 1.165) is 36.8 Å². The van der Waals surface area contributed by atoms with Gasteiger partial charge in [0.1, 0.15) is 5.69 Å². The van der Waals surface area contributed by atoms with E-state index in [-0.39, 0.29) is 11.9 Å². The predicted molar refractivity (Wildman–Crippen MR) is 98.1 cm³/mol. The van der Waals surface area contributed by atoms with Crippen LogP contribution in [-0.2, 0) is 6.42 Å². The van der Waals surface area contributed by atoms with Crippen LogP contribution in [0.1, 0.15) is 41.9 Å². The molecule has 6 heteroatoms. The van der Waals surface area contributed by atoms with E-state index in [1.54, 1.807) is 6.07 Å². The maximum atomic E-state index is 12.4. The zero-order valence-electron chi connectivity index (χ0n) is 13.8. The highest BCUT2D eigenvalue weighted by Gasteiger charge is 2.18. The van der Waals surface area contributed by atoms with Crippen LogP contribution in [0.5, 0.6) is 0 Å². The summed E-state index contributed by atoms with van der Waals surface area (Å²) in [5, 5.41) is 10.9. The second-order valence-corrected chi connectivity index (χ2v) is 7.31. The molecule has 5 nitrogen and oxygen atoms in total. The molecule has 0 bridgehead atoms. The Morgan fingerprint density at radius 2 is 2.38 bits per heavy atom. The molecule has 1 fully saturated rings. The van der Waals surface area contributed by atoms with E-state index in [9.17, 15) is 4.79 Å². The zero-order valence-corrected chi connectivity index (χ0v) is 15.4. The van der Waals surface area contributed by atoms with Crippen molar-refractivity contribution in [3.05, 3.63) is 52.3 Å². The number of piperidine rings is 1. The Morgan fingerprint density at radius 1 is 1.50 bits per heavy atom. The first-order valence-corrected chi connectivity index (χ1v) is 9.22. The van der Waals surface area contributed by atoms with Gasteiger partial charge in [-0.25, -0.2) is 0 Å². The van der Waals surface area contributed by atoms with Crippen LogP contribution in [0.25, 0.3) is 0 Å². The number of amides is 1. The van der Waals surface area contributed by atoms with E-state index in [2.05, 4.69) is 43.8 Å². The maximum Gasteiger partial charge on any atom is 0.271 e. The number of aromatic nitrogens is 2. The second kappa shape index (κ2) is 7.94. The zero-order chi connectivity index (χ0) is 16.9. The summed E-state index contributed by atoms with van der Waals surface area (Å²) < 4.78 is 2.97. The lowest BCUT2D eigenvalue weighted by Crippen LogP contribution is -2.35. The average Bonchev–Trinajstić information content (AvgIpc) is 3.05. The molecular formula is C18H23BrN4O. The van der Waals surface area contributed by atoms with Gasteiger partial charge in [-0.1, -0.05) is 28.1 Å². The molecule has 0 aliphatic carbocycles. The fourth-order valence-electron chi connectivity index (χ4n) is 3.09. The van der Waals surface area contributed by atoms with Crippen LogP contribution < -0.4 is 10.6 Å². The van der Waals surface area contributed by atoms with Crippen LogP contribution in [0.2, 0.25) is 0 Å². The van der Waals surface area contributed by atoms with E-state index < -0.39 is 0 Å². The number of carbonyl (C=O) groups is 1. The molecule has 24 heavy (non-hydrogen) atoms. The van der Waals surface area contributed by atoms with Gasteiger partial charge < -0.3 is 10.6 Å². The normalized spacial score (nSPS) is 19.0. The average molecular weight is 391 g/mol. The molecule has 2 heterocycles. The van der Waals surface area contributed by atoms with Gasteiger partial charge in [0.15, 0.2) is 0 Å². The predicted octanol–water partition coefficient (Wildman–Crippen LogP) is 2.93. The fraction of sp³-hybridized carbons (Fsp3) is 0.444. The van der Waals surface area contributed by atoms with Crippen molar-refractivity contribution in [3.63, 3.8) is 0 Å². The quantitative estimate of drug-likeness (QED) is 0.824. The van der Waals surface area contributed by atoms with E-state index in [0.29, 0.717) is 11.7 Å². The Morgan fingerprint density at radius 3 is 3.12 bits per heavy atom. The monoisotopic (exact) mass is 390 g/mol. The number of rotatable bonds is 5. The standard InChI is InChI=1S/C18H23BrN4O/c1-13(10-14-4-2-5-15(19)11-14)21-18(24)17-7-9-23(22-17)16-6-3-8-20-12-16/h2,4-5,7,9,11,13,16,20H,3,6,8,10,12H2,1H3,(H,21,24). The Hall–Kier alpha value is -1.66. The summed E-state index contributed by atoms with van der Waals surface area (Å²) in [5.74, 6) is -0.111. The molecule has 1 saturated heterocycles. The highest BCUT2D eigenvalue weighted by atomic mass is 79.9. The van der Waals surface area contributed by atoms with Gasteiger partial charge in [0.05, 0.1) is 6.04 Å². The lowest BCUT2D eigenvalue weighted by atomic mass is 10.1. The SMILES string of the molecule is CC(Cc1cccc(Br)c1)NC(=O)c1ccn(C2CCCNC2)n1. The smallest absolute Gasteiger partial charge is 0.271 e. The summed E-state index contributed by atoms with van der Waals surface area (Å²) in [6.07, 6.45) is 4.95. The molecule has 1 aromatic carbocycles. The third-order valence-corrected chi connectivity index (χ3v) is 4.79. The summed E-state index contributed by atoms with van der Waals surface area (Å²) >= 11 is 3.47. The van der Waals surface area contributed by atoms with Gasteiger partial charge >= 0.3 is 0 Å². The molecule has 1 aliphatic rings. The third kappa shape index (κ3) is 4.45. The molecule has 2 aromatic rings. The summed E-state index contributed by atoms with van der Waals surface area (Å²) in [5.41, 5.74) is 1.68. The Kier molecular flexibility index (Phi) is 5.68. The topological polar surface area (TPSA) is 59.0 Å². The molecule has 2 N–H and O–H groups in total. The Labute approximate surface area is 151 Å². The molecule has 1 aromatic heterocycles. The number of benzene rings is 1. The second-order valence-electron chi connectivity index (χ2n) is 6.39. The molecule has 2 atom stereocenters. The van der Waals surface area contributed by atoms with Gasteiger partial charge in [-0.2, -0.15) is 5.10 Å². The van der Waals surface area contributed by atoms with Crippen molar-refractivity contribution in [2.24, 2.45) is 0 Å². The van der Waals surface area contributed by atoms with E-state index in [1.807, 2.05) is 29.9 Å². The van der Waals surface area contributed by atoms with Crippen LogP contribution in [0.3, 0.4) is 0 Å². The van der Waals surface area contributed by atoms with Gasteiger partial charge in [-0.05, 0) is 56.5 Å². The molecule has 0 radical (unpaired) electrons. The lowest BCUT2D eigenvalue weighted by molar-refractivity contribution is 0.0933. The van der Waals surface area contributed by atoms with Gasteiger partial charge in [0, 0.05) is 23.3 Å². The minimum absolute atomic E-state index is 0.0493. The van der Waals surface area contributed by atoms with Crippen molar-refractivity contribution < 1.29 is 4.79 Å². The van der Waals surface area contributed by atoms with Crippen molar-refractivity contribution in [1.29, 1.82) is 0 Å². The summed E-state index contributed by atoms with van der Waals surface area (Å²) in [6, 6.07) is 10.3. The number of hydrogen-bond acceptors (Lipinski definition) is 3. The van der Waals surface area contributed by atoms with Crippen molar-refractivity contribution >= 4 is 21.8 Å². The van der Waals surface area contributed by atoms with Gasteiger partial charge in [0.2, 0.25) is 0 Å². The molecule has 1 amide bonds. The van der Waals surface area contributed by atoms with Crippen molar-refractivity contribution in [2.75, 3.05) is 13.1 Å². The highest BCUT2D eigenvalue weighted by molar-refractivity contribution is 9.10. The first-order chi connectivity index (χ1) is 11.6. The van der Waals surface area contributed by atoms with Gasteiger partial charge in [0.25, 0.3) is 5.91 Å². The number of nitrogens with one attached hydrogen (secondary N) is 2. The third-order valence-electron chi connectivity index (χ3n) is 4.29. The minimum Gasteiger partial charge on any atom is -0.348 e. The summed E-state index contributed by atoms with van der Waals surface area (Å²) in [4.78, 5) is 12.4. The van der Waals surface area contributed by atoms with Gasteiger partial charge in [-0.15, -0.1) is 0 Å². The van der Waals surface area contributed by atoms with Crippen LogP contribution in [0.15, 0.2) is 41.0 Å². The molecule has 0 spiro atoms. The van der Waals surface area contributed by atoms with Crippen LogP contribution >= 0.6 is 15.9 Å². The first kappa shape index (κ1) is 17.2. The van der Waals surface area contributed by atoms with Crippen LogP contribution in [0, 0.1) is 0 Å². The van der Waals surface area contributed by atoms with E-state index >= 15 is 0 Å². The molecule has 1 aliphatic heterocycles. The number of carbonyl (C=O) groups excluding carboxylic acids is 1. The Bertz CT molecular complexity index is 694. The minimum atomic E-state index is -0.111. The van der Waals surface area contributed by atoms with Crippen LogP contribution in [0.4, 0.5) is 0 Å². The van der Waals surface area contributed by atoms with E-state index in [4.69, 9.17) is 0 Å². The molecule has 0 saturated carbocycles. The van der Waals surface area contributed by atoms with Crippen LogP contribution in [-0.4, -0.2) is 34.8 Å².